The van der Waals surface area contributed by atoms with Crippen LogP contribution in [0.5, 0.6) is 0 Å². The van der Waals surface area contributed by atoms with Crippen LogP contribution in [0.3, 0.4) is 0 Å². The first-order valence-electron chi connectivity index (χ1n) is 21.3. The summed E-state index contributed by atoms with van der Waals surface area (Å²) in [6.45, 7) is 17.2. The van der Waals surface area contributed by atoms with Gasteiger partial charge >= 0.3 is 5.97 Å². The van der Waals surface area contributed by atoms with Gasteiger partial charge < -0.3 is 18.8 Å². The van der Waals surface area contributed by atoms with E-state index in [2.05, 4.69) is 74.2 Å². The zero-order valence-corrected chi connectivity index (χ0v) is 39.2. The molecule has 0 unspecified atom stereocenters. The Labute approximate surface area is 365 Å². The predicted molar refractivity (Wildman–Crippen MR) is 244 cm³/mol. The Hall–Kier alpha value is -4.17. The fraction of sp³-hybridized carbons (Fsp3) is 0.469. The van der Waals surface area contributed by atoms with E-state index >= 15 is 0 Å². The van der Waals surface area contributed by atoms with Gasteiger partial charge in [0.05, 0.1) is 37.7 Å². The second-order valence-electron chi connectivity index (χ2n) is 18.9. The molecule has 0 N–H and O–H groups in total. The van der Waals surface area contributed by atoms with E-state index in [-0.39, 0.29) is 43.1 Å². The molecule has 0 saturated carbocycles. The average molecular weight is 871 g/mol. The highest BCUT2D eigenvalue weighted by molar-refractivity contribution is 7.86. The molecule has 1 saturated heterocycles. The molecule has 10 nitrogen and oxygen atoms in total. The van der Waals surface area contributed by atoms with Crippen molar-refractivity contribution < 1.29 is 36.1 Å². The predicted octanol–water partition coefficient (Wildman–Crippen LogP) is 7.36. The second-order valence-corrected chi connectivity index (χ2v) is 24.9. The van der Waals surface area contributed by atoms with Crippen molar-refractivity contribution in [2.75, 3.05) is 38.7 Å². The number of rotatable bonds is 21. The summed E-state index contributed by atoms with van der Waals surface area (Å²) in [6, 6.07) is 39.8. The molecule has 61 heavy (non-hydrogen) atoms. The molecule has 1 aliphatic heterocycles. The van der Waals surface area contributed by atoms with E-state index < -0.39 is 47.5 Å². The van der Waals surface area contributed by atoms with Crippen molar-refractivity contribution in [3.8, 4) is 0 Å². The number of nitrogens with zero attached hydrogens (tertiary/aromatic N) is 2. The summed E-state index contributed by atoms with van der Waals surface area (Å²) in [6.07, 6.45) is 0.980. The maximum Gasteiger partial charge on any atom is 0.326 e. The van der Waals surface area contributed by atoms with Gasteiger partial charge in [-0.25, -0.2) is 0 Å². The molecule has 1 aliphatic rings. The first kappa shape index (κ1) is 47.9. The number of carbonyl (C=O) groups is 2. The SMILES string of the molecule is CC(C)(CCO[Si](c1ccccc1)(c1ccccc1)C(C)(C)C)COS(=O)(=O)CCOC[C@@H]1C[C@@H](N(Cc2ccccc2)Cc2ccccc2)C(=O)N1CC(=O)OC(C)(C)C. The Bertz CT molecular complexity index is 2010. The van der Waals surface area contributed by atoms with Crippen LogP contribution in [-0.4, -0.2) is 94.8 Å². The van der Waals surface area contributed by atoms with Crippen molar-refractivity contribution in [1.29, 1.82) is 0 Å². The van der Waals surface area contributed by atoms with Crippen molar-refractivity contribution in [3.05, 3.63) is 132 Å². The first-order valence-corrected chi connectivity index (χ1v) is 24.8. The van der Waals surface area contributed by atoms with Crippen LogP contribution >= 0.6 is 0 Å². The molecule has 330 valence electrons. The number of likely N-dealkylation sites (tertiary alicyclic amines) is 1. The standard InChI is InChI=1S/C49H66N2O8SSi/c1-47(2,3)59-45(52)36-51-41(33-44(46(51)53)50(34-39-21-13-9-14-22-39)35-40-23-15-10-16-24-40)37-56-31-32-60(54,55)57-38-49(7,8)29-30-58-61(48(4,5)6,42-25-17-11-18-26-42)43-27-19-12-20-28-43/h9-28,41,44H,29-38H2,1-8H3/t41-,44+/m0/s1. The van der Waals surface area contributed by atoms with E-state index in [4.69, 9.17) is 18.1 Å². The third kappa shape index (κ3) is 13.7. The molecule has 0 spiro atoms. The summed E-state index contributed by atoms with van der Waals surface area (Å²) < 4.78 is 50.7. The molecule has 0 aliphatic carbocycles. The lowest BCUT2D eigenvalue weighted by Crippen LogP contribution is -2.66. The number of amides is 1. The monoisotopic (exact) mass is 870 g/mol. The van der Waals surface area contributed by atoms with Gasteiger partial charge in [0.25, 0.3) is 18.4 Å². The van der Waals surface area contributed by atoms with Gasteiger partial charge in [0.15, 0.2) is 0 Å². The van der Waals surface area contributed by atoms with Crippen LogP contribution in [0.1, 0.15) is 79.4 Å². The number of hydrogen-bond donors (Lipinski definition) is 0. The number of benzene rings is 4. The first-order chi connectivity index (χ1) is 28.8. The molecule has 4 aromatic carbocycles. The summed E-state index contributed by atoms with van der Waals surface area (Å²) in [5.41, 5.74) is 0.887. The van der Waals surface area contributed by atoms with Crippen LogP contribution in [0.15, 0.2) is 121 Å². The van der Waals surface area contributed by atoms with E-state index in [1.807, 2.05) is 86.6 Å². The van der Waals surface area contributed by atoms with Crippen molar-refractivity contribution in [1.82, 2.24) is 9.80 Å². The second kappa shape index (κ2) is 20.8. The van der Waals surface area contributed by atoms with Crippen LogP contribution in [-0.2, 0) is 50.9 Å². The molecular formula is C49H66N2O8SSi. The summed E-state index contributed by atoms with van der Waals surface area (Å²) in [7, 11) is -6.70. The van der Waals surface area contributed by atoms with Gasteiger partial charge in [-0.3, -0.25) is 18.7 Å². The molecule has 1 amide bonds. The lowest BCUT2D eigenvalue weighted by Gasteiger charge is -2.43. The van der Waals surface area contributed by atoms with Gasteiger partial charge in [-0.05, 0) is 65.6 Å². The number of carbonyl (C=O) groups excluding carboxylic acids is 2. The Balaban J connectivity index is 1.20. The zero-order valence-electron chi connectivity index (χ0n) is 37.3. The highest BCUT2D eigenvalue weighted by atomic mass is 32.2. The van der Waals surface area contributed by atoms with Crippen molar-refractivity contribution in [3.63, 3.8) is 0 Å². The van der Waals surface area contributed by atoms with E-state index in [0.717, 1.165) is 11.1 Å². The highest BCUT2D eigenvalue weighted by Gasteiger charge is 2.50. The molecule has 0 radical (unpaired) electrons. The number of ether oxygens (including phenoxy) is 2. The third-order valence-corrected chi connectivity index (χ3v) is 17.2. The van der Waals surface area contributed by atoms with E-state index in [0.29, 0.717) is 32.5 Å². The number of esters is 1. The van der Waals surface area contributed by atoms with E-state index in [9.17, 15) is 18.0 Å². The molecule has 0 aromatic heterocycles. The van der Waals surface area contributed by atoms with Crippen LogP contribution in [0.25, 0.3) is 0 Å². The molecule has 1 heterocycles. The molecule has 5 rings (SSSR count). The minimum absolute atomic E-state index is 0.0133. The molecular weight excluding hydrogens is 805 g/mol. The lowest BCUT2D eigenvalue weighted by atomic mass is 9.91. The fourth-order valence-corrected chi connectivity index (χ4v) is 13.5. The highest BCUT2D eigenvalue weighted by Crippen LogP contribution is 2.37. The van der Waals surface area contributed by atoms with Crippen LogP contribution in [0.4, 0.5) is 0 Å². The minimum atomic E-state index is -3.95. The molecule has 12 heteroatoms. The van der Waals surface area contributed by atoms with Gasteiger partial charge in [0.2, 0.25) is 5.91 Å². The normalized spacial score (nSPS) is 16.6. The largest absolute Gasteiger partial charge is 0.459 e. The fourth-order valence-electron chi connectivity index (χ4n) is 7.96. The Morgan fingerprint density at radius 1 is 0.738 bits per heavy atom. The van der Waals surface area contributed by atoms with Crippen molar-refractivity contribution in [2.24, 2.45) is 5.41 Å². The molecule has 0 bridgehead atoms. The maximum absolute atomic E-state index is 14.2. The van der Waals surface area contributed by atoms with Gasteiger partial charge in [0.1, 0.15) is 12.1 Å². The number of hydrogen-bond acceptors (Lipinski definition) is 9. The summed E-state index contributed by atoms with van der Waals surface area (Å²) in [5.74, 6) is -1.06. The lowest BCUT2D eigenvalue weighted by molar-refractivity contribution is -0.159. The quantitative estimate of drug-likeness (QED) is 0.0367. The molecule has 1 fully saturated rings. The van der Waals surface area contributed by atoms with Gasteiger partial charge in [-0.2, -0.15) is 8.42 Å². The topological polar surface area (TPSA) is 112 Å². The summed E-state index contributed by atoms with van der Waals surface area (Å²) in [4.78, 5) is 31.0. The van der Waals surface area contributed by atoms with Crippen LogP contribution < -0.4 is 10.4 Å². The average Bonchev–Trinajstić information content (AvgIpc) is 3.51. The maximum atomic E-state index is 14.2. The van der Waals surface area contributed by atoms with Crippen LogP contribution in [0.2, 0.25) is 5.04 Å². The van der Waals surface area contributed by atoms with Gasteiger partial charge in [0, 0.05) is 19.7 Å². The zero-order chi connectivity index (χ0) is 44.3. The Kier molecular flexibility index (Phi) is 16.3. The van der Waals surface area contributed by atoms with Crippen molar-refractivity contribution in [2.45, 2.75) is 104 Å². The van der Waals surface area contributed by atoms with Gasteiger partial charge in [-0.15, -0.1) is 0 Å². The third-order valence-electron chi connectivity index (χ3n) is 11.1. The molecule has 4 aromatic rings. The Morgan fingerprint density at radius 2 is 1.23 bits per heavy atom. The van der Waals surface area contributed by atoms with E-state index in [1.165, 1.54) is 15.3 Å². The van der Waals surface area contributed by atoms with Crippen LogP contribution in [0, 0.1) is 5.41 Å². The minimum Gasteiger partial charge on any atom is -0.459 e. The van der Waals surface area contributed by atoms with Gasteiger partial charge in [-0.1, -0.05) is 156 Å². The Morgan fingerprint density at radius 3 is 1.70 bits per heavy atom. The summed E-state index contributed by atoms with van der Waals surface area (Å²) in [5, 5.41) is 2.20. The molecule has 2 atom stereocenters. The van der Waals surface area contributed by atoms with Crippen molar-refractivity contribution >= 4 is 40.7 Å². The summed E-state index contributed by atoms with van der Waals surface area (Å²) >= 11 is 0. The smallest absolute Gasteiger partial charge is 0.326 e. The van der Waals surface area contributed by atoms with E-state index in [1.54, 1.807) is 20.8 Å².